The smallest absolute Gasteiger partial charge is 0.164 e. The molecule has 0 bridgehead atoms. The number of hydrogen-bond acceptors (Lipinski definition) is 2. The van der Waals surface area contributed by atoms with Gasteiger partial charge in [-0.25, -0.2) is 0 Å². The van der Waals surface area contributed by atoms with E-state index in [2.05, 4.69) is 0 Å². The van der Waals surface area contributed by atoms with E-state index in [4.69, 9.17) is 0 Å². The molecule has 15 heavy (non-hydrogen) atoms. The van der Waals surface area contributed by atoms with Gasteiger partial charge in [-0.15, -0.1) is 0 Å². The van der Waals surface area contributed by atoms with Gasteiger partial charge < -0.3 is 5.11 Å². The second kappa shape index (κ2) is 5.11. The van der Waals surface area contributed by atoms with Crippen molar-refractivity contribution in [3.63, 3.8) is 0 Å². The number of carbonyl (C=O) groups excluding carboxylic acids is 1. The maximum Gasteiger partial charge on any atom is 0.164 e. The van der Waals surface area contributed by atoms with Gasteiger partial charge in [0.25, 0.3) is 0 Å². The zero-order valence-corrected chi connectivity index (χ0v) is 9.45. The number of aliphatic hydroxyl groups is 1. The molecule has 0 heterocycles. The molecule has 0 spiro atoms. The van der Waals surface area contributed by atoms with Crippen molar-refractivity contribution in [2.24, 2.45) is 11.8 Å². The monoisotopic (exact) mass is 210 g/mol. The summed E-state index contributed by atoms with van der Waals surface area (Å²) in [5.74, 6) is 0.605. The van der Waals surface area contributed by atoms with Crippen molar-refractivity contribution in [1.82, 2.24) is 0 Å². The van der Waals surface area contributed by atoms with Crippen LogP contribution in [0.5, 0.6) is 0 Å². The van der Waals surface area contributed by atoms with Crippen LogP contribution in [0.1, 0.15) is 57.8 Å². The summed E-state index contributed by atoms with van der Waals surface area (Å²) in [5.41, 5.74) is 0. The van der Waals surface area contributed by atoms with Crippen molar-refractivity contribution in [2.45, 2.75) is 63.9 Å². The molecule has 0 aromatic heterocycles. The average molecular weight is 210 g/mol. The topological polar surface area (TPSA) is 37.3 Å². The third-order valence-corrected chi connectivity index (χ3v) is 4.15. The third-order valence-electron chi connectivity index (χ3n) is 4.15. The molecule has 2 rings (SSSR count). The van der Waals surface area contributed by atoms with Crippen molar-refractivity contribution in [2.75, 3.05) is 0 Å². The normalized spacial score (nSPS) is 26.7. The third kappa shape index (κ3) is 2.60. The fourth-order valence-electron chi connectivity index (χ4n) is 3.13. The van der Waals surface area contributed by atoms with Gasteiger partial charge in [-0.05, 0) is 31.6 Å². The van der Waals surface area contributed by atoms with Crippen LogP contribution in [0.4, 0.5) is 0 Å². The summed E-state index contributed by atoms with van der Waals surface area (Å²) in [4.78, 5) is 12.0. The highest BCUT2D eigenvalue weighted by Crippen LogP contribution is 2.32. The largest absolute Gasteiger partial charge is 0.385 e. The molecule has 0 aromatic carbocycles. The van der Waals surface area contributed by atoms with Gasteiger partial charge in [-0.2, -0.15) is 0 Å². The first kappa shape index (κ1) is 11.1. The molecule has 2 nitrogen and oxygen atoms in total. The maximum atomic E-state index is 12.0. The van der Waals surface area contributed by atoms with Crippen molar-refractivity contribution in [3.05, 3.63) is 0 Å². The second-order valence-electron chi connectivity index (χ2n) is 5.23. The van der Waals surface area contributed by atoms with Crippen LogP contribution in [0, 0.1) is 11.8 Å². The van der Waals surface area contributed by atoms with Gasteiger partial charge in [-0.1, -0.05) is 32.1 Å². The van der Waals surface area contributed by atoms with Crippen LogP contribution in [-0.2, 0) is 4.79 Å². The molecule has 1 atom stereocenters. The minimum absolute atomic E-state index is 0.152. The summed E-state index contributed by atoms with van der Waals surface area (Å²) >= 11 is 0. The summed E-state index contributed by atoms with van der Waals surface area (Å²) in [6.07, 6.45) is 9.51. The molecule has 0 radical (unpaired) electrons. The zero-order valence-electron chi connectivity index (χ0n) is 9.45. The van der Waals surface area contributed by atoms with Gasteiger partial charge in [0.2, 0.25) is 0 Å². The maximum absolute atomic E-state index is 12.0. The molecule has 86 valence electrons. The molecule has 0 amide bonds. The molecule has 2 fully saturated rings. The lowest BCUT2D eigenvalue weighted by Gasteiger charge is -2.27. The molecular weight excluding hydrogens is 188 g/mol. The Labute approximate surface area is 92.1 Å². The van der Waals surface area contributed by atoms with E-state index in [1.807, 2.05) is 0 Å². The second-order valence-corrected chi connectivity index (χ2v) is 5.23. The van der Waals surface area contributed by atoms with Gasteiger partial charge in [0.1, 0.15) is 6.10 Å². The number of Topliss-reactive ketones (excluding diaryl/α,β-unsaturated/α-hetero) is 1. The van der Waals surface area contributed by atoms with E-state index >= 15 is 0 Å². The summed E-state index contributed by atoms with van der Waals surface area (Å²) in [6, 6.07) is 0. The Bertz CT molecular complexity index is 213. The molecule has 2 saturated carbocycles. The Morgan fingerprint density at radius 1 is 0.933 bits per heavy atom. The van der Waals surface area contributed by atoms with Gasteiger partial charge >= 0.3 is 0 Å². The zero-order chi connectivity index (χ0) is 10.7. The van der Waals surface area contributed by atoms with E-state index in [0.29, 0.717) is 0 Å². The molecule has 1 unspecified atom stereocenters. The van der Waals surface area contributed by atoms with Crippen molar-refractivity contribution in [1.29, 1.82) is 0 Å². The molecule has 1 N–H and O–H groups in total. The number of aliphatic hydroxyl groups excluding tert-OH is 1. The average Bonchev–Trinajstić information content (AvgIpc) is 2.82. The summed E-state index contributed by atoms with van der Waals surface area (Å²) in [5, 5.41) is 10.1. The highest BCUT2D eigenvalue weighted by molar-refractivity contribution is 5.85. The minimum atomic E-state index is -0.645. The van der Waals surface area contributed by atoms with Crippen molar-refractivity contribution >= 4 is 5.78 Å². The lowest BCUT2D eigenvalue weighted by Crippen LogP contribution is -2.34. The fraction of sp³-hybridized carbons (Fsp3) is 0.923. The summed E-state index contributed by atoms with van der Waals surface area (Å²) in [7, 11) is 0. The lowest BCUT2D eigenvalue weighted by atomic mass is 9.81. The summed E-state index contributed by atoms with van der Waals surface area (Å²) in [6.45, 7) is 0. The molecule has 0 aliphatic heterocycles. The molecule has 0 aromatic rings. The number of carbonyl (C=O) groups is 1. The first-order chi connectivity index (χ1) is 7.29. The van der Waals surface area contributed by atoms with E-state index in [-0.39, 0.29) is 17.6 Å². The lowest BCUT2D eigenvalue weighted by molar-refractivity contribution is -0.134. The Balaban J connectivity index is 1.87. The van der Waals surface area contributed by atoms with Crippen LogP contribution in [0.25, 0.3) is 0 Å². The summed E-state index contributed by atoms with van der Waals surface area (Å²) < 4.78 is 0. The Morgan fingerprint density at radius 3 is 2.07 bits per heavy atom. The SMILES string of the molecule is O=C(C1CCCC1)C(O)C1CCCCC1. The molecular formula is C13H22O2. The highest BCUT2D eigenvalue weighted by atomic mass is 16.3. The van der Waals surface area contributed by atoms with Gasteiger partial charge in [0.15, 0.2) is 5.78 Å². The number of ketones is 1. The predicted molar refractivity (Wildman–Crippen MR) is 59.5 cm³/mol. The van der Waals surface area contributed by atoms with E-state index in [9.17, 15) is 9.90 Å². The van der Waals surface area contributed by atoms with E-state index in [0.717, 1.165) is 25.7 Å². The molecule has 2 aliphatic rings. The van der Waals surface area contributed by atoms with E-state index in [1.54, 1.807) is 0 Å². The molecule has 2 heteroatoms. The Morgan fingerprint density at radius 2 is 1.47 bits per heavy atom. The number of hydrogen-bond donors (Lipinski definition) is 1. The van der Waals surface area contributed by atoms with Crippen LogP contribution in [0.3, 0.4) is 0 Å². The number of rotatable bonds is 3. The quantitative estimate of drug-likeness (QED) is 0.777. The fourth-order valence-corrected chi connectivity index (χ4v) is 3.13. The van der Waals surface area contributed by atoms with E-state index < -0.39 is 6.10 Å². The molecule has 0 saturated heterocycles. The first-order valence-electron chi connectivity index (χ1n) is 6.51. The minimum Gasteiger partial charge on any atom is -0.385 e. The Kier molecular flexibility index (Phi) is 3.79. The van der Waals surface area contributed by atoms with Crippen LogP contribution in [0.2, 0.25) is 0 Å². The standard InChI is InChI=1S/C13H22O2/c14-12(10-6-2-1-3-7-10)13(15)11-8-4-5-9-11/h10-12,14H,1-9H2. The Hall–Kier alpha value is -0.370. The van der Waals surface area contributed by atoms with Gasteiger partial charge in [0, 0.05) is 5.92 Å². The van der Waals surface area contributed by atoms with Crippen LogP contribution < -0.4 is 0 Å². The highest BCUT2D eigenvalue weighted by Gasteiger charge is 2.33. The van der Waals surface area contributed by atoms with E-state index in [1.165, 1.54) is 32.1 Å². The first-order valence-corrected chi connectivity index (χ1v) is 6.51. The van der Waals surface area contributed by atoms with Gasteiger partial charge in [0.05, 0.1) is 0 Å². The van der Waals surface area contributed by atoms with Crippen molar-refractivity contribution < 1.29 is 9.90 Å². The molecule has 2 aliphatic carbocycles. The van der Waals surface area contributed by atoms with Crippen molar-refractivity contribution in [3.8, 4) is 0 Å². The van der Waals surface area contributed by atoms with Crippen LogP contribution in [-0.4, -0.2) is 17.0 Å². The van der Waals surface area contributed by atoms with Crippen LogP contribution >= 0.6 is 0 Å². The predicted octanol–water partition coefficient (Wildman–Crippen LogP) is 2.69. The van der Waals surface area contributed by atoms with Gasteiger partial charge in [-0.3, -0.25) is 4.79 Å². The van der Waals surface area contributed by atoms with Crippen LogP contribution in [0.15, 0.2) is 0 Å².